The molecule has 1 aliphatic rings. The molecule has 2 unspecified atom stereocenters. The van der Waals surface area contributed by atoms with E-state index in [-0.39, 0.29) is 18.2 Å². The molecule has 1 fully saturated rings. The number of likely N-dealkylation sites (N-methyl/N-ethyl adjacent to an activating group) is 1. The quantitative estimate of drug-likeness (QED) is 0.629. The summed E-state index contributed by atoms with van der Waals surface area (Å²) in [4.78, 5) is 23.6. The molecule has 0 aliphatic carbocycles. The van der Waals surface area contributed by atoms with Crippen LogP contribution in [0, 0.1) is 0 Å². The van der Waals surface area contributed by atoms with Gasteiger partial charge < -0.3 is 20.3 Å². The summed E-state index contributed by atoms with van der Waals surface area (Å²) < 4.78 is 4.91. The third-order valence-corrected chi connectivity index (χ3v) is 5.99. The van der Waals surface area contributed by atoms with Crippen LogP contribution in [0.15, 0.2) is 18.2 Å². The maximum Gasteiger partial charge on any atom is 0.409 e. The molecule has 2 N–H and O–H groups in total. The Morgan fingerprint density at radius 1 is 1.13 bits per heavy atom. The fourth-order valence-corrected chi connectivity index (χ4v) is 4.38. The third-order valence-electron chi connectivity index (χ3n) is 5.44. The van der Waals surface area contributed by atoms with Crippen molar-refractivity contribution >= 4 is 35.1 Å². The molecule has 0 spiro atoms. The van der Waals surface area contributed by atoms with Crippen LogP contribution in [0.1, 0.15) is 32.2 Å². The lowest BCUT2D eigenvalue weighted by Crippen LogP contribution is -2.43. The minimum Gasteiger partial charge on any atom is -0.453 e. The first-order valence-electron chi connectivity index (χ1n) is 10.6. The lowest BCUT2D eigenvalue weighted by molar-refractivity contribution is 0.132. The first-order valence-corrected chi connectivity index (χ1v) is 11.3. The molecule has 0 saturated carbocycles. The Kier molecular flexibility index (Phi) is 7.97. The summed E-state index contributed by atoms with van der Waals surface area (Å²) in [6.07, 6.45) is 1.09. The molecule has 31 heavy (non-hydrogen) atoms. The highest BCUT2D eigenvalue weighted by molar-refractivity contribution is 6.36. The minimum absolute atomic E-state index is 0.00618. The van der Waals surface area contributed by atoms with Crippen molar-refractivity contribution in [1.29, 1.82) is 0 Å². The van der Waals surface area contributed by atoms with E-state index in [9.17, 15) is 4.79 Å². The summed E-state index contributed by atoms with van der Waals surface area (Å²) in [7, 11) is 1.40. The normalized spacial score (nSPS) is 18.3. The standard InChI is InChI=1S/C22H29Cl2N5O2/c1-5-16-20(14-9-8-13(23)10-15(14)24)26-17(6-2)21(27-16)28-19-12-29(22(30)31-4)11-18(19)25-7-3/h8-10,18-19,25H,5-7,11-12H2,1-4H3,(H,27,28). The van der Waals surface area contributed by atoms with E-state index in [1.54, 1.807) is 11.0 Å². The number of amides is 1. The Bertz CT molecular complexity index is 940. The summed E-state index contributed by atoms with van der Waals surface area (Å²) in [5, 5.41) is 8.13. The zero-order chi connectivity index (χ0) is 22.5. The van der Waals surface area contributed by atoms with Gasteiger partial charge in [0.15, 0.2) is 0 Å². The summed E-state index contributed by atoms with van der Waals surface area (Å²) in [6, 6.07) is 5.49. The van der Waals surface area contributed by atoms with Gasteiger partial charge in [0.25, 0.3) is 0 Å². The van der Waals surface area contributed by atoms with Crippen molar-refractivity contribution in [2.24, 2.45) is 0 Å². The van der Waals surface area contributed by atoms with Crippen LogP contribution in [-0.4, -0.2) is 59.8 Å². The van der Waals surface area contributed by atoms with Crippen LogP contribution in [0.5, 0.6) is 0 Å². The van der Waals surface area contributed by atoms with Crippen LogP contribution in [0.25, 0.3) is 11.3 Å². The maximum absolute atomic E-state index is 12.0. The van der Waals surface area contributed by atoms with E-state index in [1.165, 1.54) is 7.11 Å². The van der Waals surface area contributed by atoms with Gasteiger partial charge in [-0.25, -0.2) is 14.8 Å². The molecule has 1 aliphatic heterocycles. The highest BCUT2D eigenvalue weighted by atomic mass is 35.5. The molecule has 1 aromatic carbocycles. The third kappa shape index (κ3) is 5.22. The number of anilines is 1. The summed E-state index contributed by atoms with van der Waals surface area (Å²) in [5.41, 5.74) is 3.30. The number of carbonyl (C=O) groups is 1. The number of hydrogen-bond acceptors (Lipinski definition) is 6. The first kappa shape index (κ1) is 23.6. The first-order chi connectivity index (χ1) is 14.9. The summed E-state index contributed by atoms with van der Waals surface area (Å²) >= 11 is 12.5. The van der Waals surface area contributed by atoms with Crippen molar-refractivity contribution in [3.05, 3.63) is 39.6 Å². The Labute approximate surface area is 193 Å². The van der Waals surface area contributed by atoms with Gasteiger partial charge in [0, 0.05) is 29.7 Å². The van der Waals surface area contributed by atoms with Gasteiger partial charge in [-0.15, -0.1) is 0 Å². The highest BCUT2D eigenvalue weighted by Crippen LogP contribution is 2.33. The Hall–Kier alpha value is -2.09. The van der Waals surface area contributed by atoms with Gasteiger partial charge in [-0.1, -0.05) is 44.0 Å². The maximum atomic E-state index is 12.0. The number of nitrogens with one attached hydrogen (secondary N) is 2. The molecule has 9 heteroatoms. The van der Waals surface area contributed by atoms with Crippen molar-refractivity contribution in [2.45, 2.75) is 45.7 Å². The van der Waals surface area contributed by atoms with Gasteiger partial charge in [-0.2, -0.15) is 0 Å². The van der Waals surface area contributed by atoms with Crippen LogP contribution in [-0.2, 0) is 17.6 Å². The highest BCUT2D eigenvalue weighted by Gasteiger charge is 2.36. The second-order valence-electron chi connectivity index (χ2n) is 7.44. The minimum atomic E-state index is -0.323. The monoisotopic (exact) mass is 465 g/mol. The second kappa shape index (κ2) is 10.5. The van der Waals surface area contributed by atoms with E-state index in [2.05, 4.69) is 17.6 Å². The number of benzene rings is 1. The van der Waals surface area contributed by atoms with Gasteiger partial charge in [0.2, 0.25) is 0 Å². The fraction of sp³-hybridized carbons (Fsp3) is 0.500. The average Bonchev–Trinajstić information content (AvgIpc) is 3.15. The number of likely N-dealkylation sites (tertiary alicyclic amines) is 1. The molecule has 2 aromatic rings. The lowest BCUT2D eigenvalue weighted by atomic mass is 10.1. The molecule has 1 amide bonds. The van der Waals surface area contributed by atoms with Crippen LogP contribution in [0.3, 0.4) is 0 Å². The smallest absolute Gasteiger partial charge is 0.409 e. The number of ether oxygens (including phenoxy) is 1. The molecule has 7 nitrogen and oxygen atoms in total. The number of nitrogens with zero attached hydrogens (tertiary/aromatic N) is 3. The molecule has 2 atom stereocenters. The number of halogens is 2. The largest absolute Gasteiger partial charge is 0.453 e. The van der Waals surface area contributed by atoms with Crippen molar-refractivity contribution < 1.29 is 9.53 Å². The molecular formula is C22H29Cl2N5O2. The van der Waals surface area contributed by atoms with Gasteiger partial charge >= 0.3 is 6.09 Å². The summed E-state index contributed by atoms with van der Waals surface area (Å²) in [5.74, 6) is 0.743. The predicted molar refractivity (Wildman–Crippen MR) is 125 cm³/mol. The number of methoxy groups -OCH3 is 1. The van der Waals surface area contributed by atoms with Crippen LogP contribution < -0.4 is 10.6 Å². The molecule has 1 aromatic heterocycles. The van der Waals surface area contributed by atoms with E-state index in [1.807, 2.05) is 26.0 Å². The van der Waals surface area contributed by atoms with Crippen molar-refractivity contribution in [2.75, 3.05) is 32.1 Å². The topological polar surface area (TPSA) is 79.4 Å². The van der Waals surface area contributed by atoms with Crippen molar-refractivity contribution in [3.63, 3.8) is 0 Å². The van der Waals surface area contributed by atoms with Crippen LogP contribution in [0.2, 0.25) is 10.0 Å². The second-order valence-corrected chi connectivity index (χ2v) is 8.28. The van der Waals surface area contributed by atoms with Gasteiger partial charge in [-0.05, 0) is 37.6 Å². The van der Waals surface area contributed by atoms with Crippen molar-refractivity contribution in [3.8, 4) is 11.3 Å². The molecule has 0 bridgehead atoms. The fourth-order valence-electron chi connectivity index (χ4n) is 3.88. The Balaban J connectivity index is 1.95. The van der Waals surface area contributed by atoms with Gasteiger partial charge in [0.1, 0.15) is 5.82 Å². The number of hydrogen-bond donors (Lipinski definition) is 2. The Morgan fingerprint density at radius 3 is 2.45 bits per heavy atom. The molecule has 168 valence electrons. The summed E-state index contributed by atoms with van der Waals surface area (Å²) in [6.45, 7) is 8.05. The predicted octanol–water partition coefficient (Wildman–Crippen LogP) is 4.42. The van der Waals surface area contributed by atoms with Gasteiger partial charge in [0.05, 0.1) is 35.3 Å². The number of aromatic nitrogens is 2. The van der Waals surface area contributed by atoms with E-state index in [0.29, 0.717) is 36.0 Å². The lowest BCUT2D eigenvalue weighted by Gasteiger charge is -2.23. The number of aryl methyl sites for hydroxylation is 2. The van der Waals surface area contributed by atoms with Crippen molar-refractivity contribution in [1.82, 2.24) is 20.2 Å². The SMILES string of the molecule is CCNC1CN(C(=O)OC)CC1Nc1nc(CC)c(-c2ccc(Cl)cc2Cl)nc1CC. The van der Waals surface area contributed by atoms with E-state index in [0.717, 1.165) is 35.0 Å². The molecule has 1 saturated heterocycles. The zero-order valence-corrected chi connectivity index (χ0v) is 19.8. The molecule has 2 heterocycles. The number of carbonyl (C=O) groups excluding carboxylic acids is 1. The number of rotatable bonds is 7. The van der Waals surface area contributed by atoms with E-state index in [4.69, 9.17) is 37.9 Å². The molecular weight excluding hydrogens is 437 g/mol. The van der Waals surface area contributed by atoms with Gasteiger partial charge in [-0.3, -0.25) is 0 Å². The average molecular weight is 466 g/mol. The molecule has 0 radical (unpaired) electrons. The molecule has 3 rings (SSSR count). The van der Waals surface area contributed by atoms with E-state index >= 15 is 0 Å². The zero-order valence-electron chi connectivity index (χ0n) is 18.3. The Morgan fingerprint density at radius 2 is 1.84 bits per heavy atom. The van der Waals surface area contributed by atoms with Crippen LogP contribution >= 0.6 is 23.2 Å². The van der Waals surface area contributed by atoms with Crippen LogP contribution in [0.4, 0.5) is 10.6 Å². The van der Waals surface area contributed by atoms with E-state index < -0.39 is 0 Å².